The van der Waals surface area contributed by atoms with Gasteiger partial charge in [0.2, 0.25) is 5.91 Å². The van der Waals surface area contributed by atoms with Crippen molar-refractivity contribution in [3.63, 3.8) is 0 Å². The van der Waals surface area contributed by atoms with E-state index in [-0.39, 0.29) is 31.0 Å². The molecule has 0 radical (unpaired) electrons. The Morgan fingerprint density at radius 3 is 2.19 bits per heavy atom. The van der Waals surface area contributed by atoms with Crippen molar-refractivity contribution in [3.05, 3.63) is 99.5 Å². The molecule has 0 spiro atoms. The summed E-state index contributed by atoms with van der Waals surface area (Å²) in [7, 11) is 0. The van der Waals surface area contributed by atoms with Gasteiger partial charge in [-0.1, -0.05) is 85.6 Å². The third-order valence-corrected chi connectivity index (χ3v) is 7.04. The van der Waals surface area contributed by atoms with E-state index in [0.717, 1.165) is 24.0 Å². The first kappa shape index (κ1) is 28.5. The Kier molecular flexibility index (Phi) is 10.8. The Morgan fingerprint density at radius 1 is 0.892 bits per heavy atom. The molecule has 1 N–H and O–H groups in total. The third-order valence-electron chi connectivity index (χ3n) is 6.30. The second-order valence-corrected chi connectivity index (χ2v) is 9.89. The van der Waals surface area contributed by atoms with E-state index in [1.54, 1.807) is 17.0 Å². The highest BCUT2D eigenvalue weighted by Crippen LogP contribution is 2.24. The number of hydrogen-bond donors (Lipinski definition) is 1. The largest absolute Gasteiger partial charge is 0.484 e. The van der Waals surface area contributed by atoms with Crippen LogP contribution in [0.3, 0.4) is 0 Å². The lowest BCUT2D eigenvalue weighted by Gasteiger charge is -2.32. The Hall–Kier alpha value is -3.02. The van der Waals surface area contributed by atoms with Gasteiger partial charge in [-0.15, -0.1) is 0 Å². The summed E-state index contributed by atoms with van der Waals surface area (Å²) >= 11 is 12.4. The summed E-state index contributed by atoms with van der Waals surface area (Å²) in [6, 6.07) is 21.8. The summed E-state index contributed by atoms with van der Waals surface area (Å²) in [6.45, 7) is 6.02. The van der Waals surface area contributed by atoms with Crippen molar-refractivity contribution in [2.75, 3.05) is 6.61 Å². The van der Waals surface area contributed by atoms with Crippen LogP contribution in [0.2, 0.25) is 10.0 Å². The van der Waals surface area contributed by atoms with Gasteiger partial charge >= 0.3 is 0 Å². The van der Waals surface area contributed by atoms with E-state index in [1.807, 2.05) is 74.5 Å². The molecule has 2 amide bonds. The van der Waals surface area contributed by atoms with Gasteiger partial charge in [0.25, 0.3) is 5.91 Å². The zero-order valence-electron chi connectivity index (χ0n) is 21.5. The van der Waals surface area contributed by atoms with Crippen LogP contribution in [0.25, 0.3) is 0 Å². The van der Waals surface area contributed by atoms with Crippen LogP contribution in [0.1, 0.15) is 43.9 Å². The van der Waals surface area contributed by atoms with E-state index in [9.17, 15) is 9.59 Å². The van der Waals surface area contributed by atoms with Gasteiger partial charge in [0.1, 0.15) is 11.8 Å². The molecule has 7 heteroatoms. The Labute approximate surface area is 229 Å². The normalized spacial score (nSPS) is 12.5. The Morgan fingerprint density at radius 2 is 1.57 bits per heavy atom. The number of ether oxygens (including phenoxy) is 1. The summed E-state index contributed by atoms with van der Waals surface area (Å²) in [5.41, 5.74) is 2.91. The topological polar surface area (TPSA) is 58.6 Å². The lowest BCUT2D eigenvalue weighted by Crippen LogP contribution is -2.53. The molecule has 2 unspecified atom stereocenters. The Balaban J connectivity index is 1.91. The molecule has 2 atom stereocenters. The van der Waals surface area contributed by atoms with Crippen LogP contribution in [0, 0.1) is 0 Å². The van der Waals surface area contributed by atoms with Crippen LogP contribution < -0.4 is 10.1 Å². The molecule has 0 saturated carbocycles. The first-order valence-corrected chi connectivity index (χ1v) is 13.4. The zero-order chi connectivity index (χ0) is 26.8. The van der Waals surface area contributed by atoms with E-state index in [0.29, 0.717) is 22.2 Å². The molecule has 196 valence electrons. The molecule has 0 fully saturated rings. The molecule has 0 aromatic heterocycles. The van der Waals surface area contributed by atoms with Gasteiger partial charge in [-0.25, -0.2) is 0 Å². The molecule has 0 aliphatic heterocycles. The molecule has 0 aliphatic rings. The number of nitrogens with one attached hydrogen (secondary N) is 1. The average molecular weight is 542 g/mol. The van der Waals surface area contributed by atoms with Gasteiger partial charge in [-0.05, 0) is 60.7 Å². The molecule has 5 nitrogen and oxygen atoms in total. The lowest BCUT2D eigenvalue weighted by molar-refractivity contribution is -0.143. The molecule has 3 rings (SSSR count). The summed E-state index contributed by atoms with van der Waals surface area (Å²) in [5.74, 6) is 0.0912. The first-order chi connectivity index (χ1) is 17.8. The first-order valence-electron chi connectivity index (χ1n) is 12.6. The van der Waals surface area contributed by atoms with Crippen molar-refractivity contribution < 1.29 is 14.3 Å². The number of amides is 2. The molecule has 3 aromatic carbocycles. The number of rotatable bonds is 12. The molecule has 0 heterocycles. The Bertz CT molecular complexity index is 1170. The van der Waals surface area contributed by atoms with Crippen molar-refractivity contribution in [1.82, 2.24) is 10.2 Å². The average Bonchev–Trinajstić information content (AvgIpc) is 2.91. The van der Waals surface area contributed by atoms with Gasteiger partial charge in [-0.2, -0.15) is 0 Å². The molecule has 3 aromatic rings. The fourth-order valence-corrected chi connectivity index (χ4v) is 4.20. The van der Waals surface area contributed by atoms with Crippen molar-refractivity contribution in [3.8, 4) is 5.75 Å². The van der Waals surface area contributed by atoms with Crippen LogP contribution in [-0.2, 0) is 29.0 Å². The number of aryl methyl sites for hydroxylation is 1. The fraction of sp³-hybridized carbons (Fsp3) is 0.333. The molecular weight excluding hydrogens is 507 g/mol. The number of halogens is 2. The summed E-state index contributed by atoms with van der Waals surface area (Å²) in [5, 5.41) is 3.88. The van der Waals surface area contributed by atoms with Gasteiger partial charge in [-0.3, -0.25) is 9.59 Å². The minimum atomic E-state index is -0.746. The smallest absolute Gasteiger partial charge is 0.261 e. The van der Waals surface area contributed by atoms with Crippen LogP contribution in [-0.4, -0.2) is 35.4 Å². The van der Waals surface area contributed by atoms with E-state index < -0.39 is 6.04 Å². The molecule has 0 bridgehead atoms. The maximum Gasteiger partial charge on any atom is 0.261 e. The van der Waals surface area contributed by atoms with Gasteiger partial charge in [0, 0.05) is 19.0 Å². The monoisotopic (exact) mass is 540 g/mol. The molecule has 0 saturated heterocycles. The highest BCUT2D eigenvalue weighted by Gasteiger charge is 2.31. The zero-order valence-corrected chi connectivity index (χ0v) is 23.1. The fourth-order valence-electron chi connectivity index (χ4n) is 3.88. The van der Waals surface area contributed by atoms with Gasteiger partial charge in [0.15, 0.2) is 6.61 Å². The van der Waals surface area contributed by atoms with Crippen LogP contribution in [0.4, 0.5) is 0 Å². The number of carbonyl (C=O) groups excluding carboxylic acids is 2. The number of carbonyl (C=O) groups is 2. The second kappa shape index (κ2) is 14.1. The highest BCUT2D eigenvalue weighted by atomic mass is 35.5. The SMILES string of the molecule is CCc1ccc(OCC(=O)N(Cc2ccc(Cl)c(Cl)c2)C(Cc2ccccc2)C(=O)NC(C)CC)cc1. The van der Waals surface area contributed by atoms with Gasteiger partial charge < -0.3 is 15.0 Å². The predicted octanol–water partition coefficient (Wildman–Crippen LogP) is 6.49. The summed E-state index contributed by atoms with van der Waals surface area (Å²) in [4.78, 5) is 28.7. The predicted molar refractivity (Wildman–Crippen MR) is 150 cm³/mol. The minimum absolute atomic E-state index is 0.0268. The quantitative estimate of drug-likeness (QED) is 0.285. The van der Waals surface area contributed by atoms with Gasteiger partial charge in [0.05, 0.1) is 10.0 Å². The molecular formula is C30H34Cl2N2O3. The molecule has 0 aliphatic carbocycles. The number of nitrogens with zero attached hydrogens (tertiary/aromatic N) is 1. The van der Waals surface area contributed by atoms with E-state index in [1.165, 1.54) is 5.56 Å². The highest BCUT2D eigenvalue weighted by molar-refractivity contribution is 6.42. The van der Waals surface area contributed by atoms with Crippen molar-refractivity contribution in [2.24, 2.45) is 0 Å². The van der Waals surface area contributed by atoms with Crippen LogP contribution >= 0.6 is 23.2 Å². The van der Waals surface area contributed by atoms with E-state index in [4.69, 9.17) is 27.9 Å². The van der Waals surface area contributed by atoms with E-state index in [2.05, 4.69) is 12.2 Å². The van der Waals surface area contributed by atoms with E-state index >= 15 is 0 Å². The summed E-state index contributed by atoms with van der Waals surface area (Å²) in [6.07, 6.45) is 2.06. The third kappa shape index (κ3) is 8.51. The minimum Gasteiger partial charge on any atom is -0.484 e. The maximum atomic E-state index is 13.6. The number of benzene rings is 3. The molecule has 37 heavy (non-hydrogen) atoms. The van der Waals surface area contributed by atoms with Crippen molar-refractivity contribution in [1.29, 1.82) is 0 Å². The van der Waals surface area contributed by atoms with Crippen LogP contribution in [0.15, 0.2) is 72.8 Å². The van der Waals surface area contributed by atoms with Crippen molar-refractivity contribution in [2.45, 2.75) is 58.7 Å². The lowest BCUT2D eigenvalue weighted by atomic mass is 10.0. The summed E-state index contributed by atoms with van der Waals surface area (Å²) < 4.78 is 5.84. The van der Waals surface area contributed by atoms with Crippen LogP contribution in [0.5, 0.6) is 5.75 Å². The maximum absolute atomic E-state index is 13.6. The number of hydrogen-bond acceptors (Lipinski definition) is 3. The standard InChI is InChI=1S/C30H34Cl2N2O3/c1-4-21(3)33-30(36)28(18-23-9-7-6-8-10-23)34(19-24-13-16-26(31)27(32)17-24)29(35)20-37-25-14-11-22(5-2)12-15-25/h6-17,21,28H,4-5,18-20H2,1-3H3,(H,33,36). The van der Waals surface area contributed by atoms with Crippen molar-refractivity contribution >= 4 is 35.0 Å². The second-order valence-electron chi connectivity index (χ2n) is 9.08.